The molecule has 1 unspecified atom stereocenters. The smallest absolute Gasteiger partial charge is 0.245 e. The average molecular weight is 358 g/mol. The van der Waals surface area contributed by atoms with Gasteiger partial charge in [-0.1, -0.05) is 18.2 Å². The van der Waals surface area contributed by atoms with Crippen molar-refractivity contribution in [1.82, 2.24) is 10.2 Å². The Kier molecular flexibility index (Phi) is 4.61. The highest BCUT2D eigenvalue weighted by Gasteiger charge is 2.42. The van der Waals surface area contributed by atoms with Gasteiger partial charge in [-0.2, -0.15) is 0 Å². The van der Waals surface area contributed by atoms with Crippen molar-refractivity contribution in [3.05, 3.63) is 29.8 Å². The first-order chi connectivity index (χ1) is 12.6. The van der Waals surface area contributed by atoms with Crippen LogP contribution in [0, 0.1) is 5.92 Å². The first-order valence-corrected chi connectivity index (χ1v) is 9.50. The standard InChI is InChI=1S/C20H26N2O4/c1-14(21-18(23)15-6-7-15)19(24)22-12-16-4-2-3-5-17(16)26-20(13-22)8-10-25-11-9-20/h2-5,14-15H,6-13H2,1H3,(H,21,23). The van der Waals surface area contributed by atoms with Crippen LogP contribution in [0.5, 0.6) is 5.75 Å². The summed E-state index contributed by atoms with van der Waals surface area (Å²) in [6.45, 7) is 4.07. The van der Waals surface area contributed by atoms with E-state index in [1.165, 1.54) is 0 Å². The molecule has 2 fully saturated rings. The first-order valence-electron chi connectivity index (χ1n) is 9.50. The van der Waals surface area contributed by atoms with Crippen LogP contribution in [0.15, 0.2) is 24.3 Å². The molecule has 1 N–H and O–H groups in total. The van der Waals surface area contributed by atoms with Gasteiger partial charge in [-0.25, -0.2) is 0 Å². The van der Waals surface area contributed by atoms with Crippen molar-refractivity contribution >= 4 is 11.8 Å². The molecular weight excluding hydrogens is 332 g/mol. The van der Waals surface area contributed by atoms with Gasteiger partial charge in [-0.3, -0.25) is 9.59 Å². The summed E-state index contributed by atoms with van der Waals surface area (Å²) in [5.74, 6) is 0.892. The van der Waals surface area contributed by atoms with E-state index in [1.807, 2.05) is 29.2 Å². The van der Waals surface area contributed by atoms with Gasteiger partial charge in [0.2, 0.25) is 11.8 Å². The number of benzene rings is 1. The topological polar surface area (TPSA) is 67.9 Å². The van der Waals surface area contributed by atoms with Crippen LogP contribution >= 0.6 is 0 Å². The SMILES string of the molecule is CC(NC(=O)C1CC1)C(=O)N1Cc2ccccc2OC2(CCOCC2)C1. The molecular formula is C20H26N2O4. The van der Waals surface area contributed by atoms with E-state index in [0.29, 0.717) is 26.3 Å². The van der Waals surface area contributed by atoms with Gasteiger partial charge in [0.25, 0.3) is 0 Å². The number of amides is 2. The normalized spacial score (nSPS) is 22.7. The number of hydrogen-bond donors (Lipinski definition) is 1. The maximum atomic E-state index is 13.1. The van der Waals surface area contributed by atoms with Crippen molar-refractivity contribution < 1.29 is 19.1 Å². The molecule has 1 aliphatic carbocycles. The molecule has 0 aromatic heterocycles. The number of nitrogens with one attached hydrogen (secondary N) is 1. The van der Waals surface area contributed by atoms with Gasteiger partial charge < -0.3 is 19.7 Å². The second-order valence-corrected chi connectivity index (χ2v) is 7.70. The number of para-hydroxylation sites is 1. The Balaban J connectivity index is 1.55. The van der Waals surface area contributed by atoms with Gasteiger partial charge in [-0.05, 0) is 25.8 Å². The van der Waals surface area contributed by atoms with Crippen molar-refractivity contribution in [2.75, 3.05) is 19.8 Å². The van der Waals surface area contributed by atoms with Crippen molar-refractivity contribution in [3.63, 3.8) is 0 Å². The molecule has 1 aromatic rings. The molecule has 1 saturated heterocycles. The highest BCUT2D eigenvalue weighted by atomic mass is 16.5. The summed E-state index contributed by atoms with van der Waals surface area (Å²) >= 11 is 0. The number of carbonyl (C=O) groups is 2. The zero-order valence-electron chi connectivity index (χ0n) is 15.2. The fourth-order valence-corrected chi connectivity index (χ4v) is 3.78. The molecule has 1 saturated carbocycles. The Morgan fingerprint density at radius 2 is 1.96 bits per heavy atom. The van der Waals surface area contributed by atoms with Crippen LogP contribution in [0.1, 0.15) is 38.2 Å². The van der Waals surface area contributed by atoms with E-state index < -0.39 is 11.6 Å². The quantitative estimate of drug-likeness (QED) is 0.896. The molecule has 26 heavy (non-hydrogen) atoms. The lowest BCUT2D eigenvalue weighted by Gasteiger charge is -2.39. The Morgan fingerprint density at radius 1 is 1.23 bits per heavy atom. The molecule has 6 heteroatoms. The largest absolute Gasteiger partial charge is 0.485 e. The van der Waals surface area contributed by atoms with Crippen molar-refractivity contribution in [3.8, 4) is 5.75 Å². The van der Waals surface area contributed by atoms with Crippen LogP contribution in [-0.4, -0.2) is 48.1 Å². The van der Waals surface area contributed by atoms with Crippen molar-refractivity contribution in [2.45, 2.75) is 50.8 Å². The Hall–Kier alpha value is -2.08. The van der Waals surface area contributed by atoms with Crippen LogP contribution in [0.2, 0.25) is 0 Å². The van der Waals surface area contributed by atoms with Crippen LogP contribution < -0.4 is 10.1 Å². The number of ether oxygens (including phenoxy) is 2. The maximum absolute atomic E-state index is 13.1. The zero-order valence-corrected chi connectivity index (χ0v) is 15.2. The van der Waals surface area contributed by atoms with E-state index >= 15 is 0 Å². The summed E-state index contributed by atoms with van der Waals surface area (Å²) in [6.07, 6.45) is 3.38. The van der Waals surface area contributed by atoms with Gasteiger partial charge in [0.1, 0.15) is 17.4 Å². The second-order valence-electron chi connectivity index (χ2n) is 7.70. The van der Waals surface area contributed by atoms with Crippen LogP contribution in [0.3, 0.4) is 0 Å². The number of nitrogens with zero attached hydrogens (tertiary/aromatic N) is 1. The van der Waals surface area contributed by atoms with Crippen molar-refractivity contribution in [1.29, 1.82) is 0 Å². The molecule has 0 bridgehead atoms. The van der Waals surface area contributed by atoms with Crippen molar-refractivity contribution in [2.24, 2.45) is 5.92 Å². The molecule has 1 spiro atoms. The Labute approximate surface area is 153 Å². The number of carbonyl (C=O) groups excluding carboxylic acids is 2. The third kappa shape index (κ3) is 3.56. The summed E-state index contributed by atoms with van der Waals surface area (Å²) in [5.41, 5.74) is 0.589. The van der Waals surface area contributed by atoms with Gasteiger partial charge in [0.15, 0.2) is 0 Å². The highest BCUT2D eigenvalue weighted by molar-refractivity contribution is 5.89. The third-order valence-electron chi connectivity index (χ3n) is 5.53. The summed E-state index contributed by atoms with van der Waals surface area (Å²) < 4.78 is 11.9. The Bertz CT molecular complexity index is 695. The zero-order chi connectivity index (χ0) is 18.1. The highest BCUT2D eigenvalue weighted by Crippen LogP contribution is 2.35. The molecule has 1 atom stereocenters. The van der Waals surface area contributed by atoms with Gasteiger partial charge >= 0.3 is 0 Å². The van der Waals surface area contributed by atoms with Crippen LogP contribution in [-0.2, 0) is 20.9 Å². The monoisotopic (exact) mass is 358 g/mol. The van der Waals surface area contributed by atoms with Crippen LogP contribution in [0.25, 0.3) is 0 Å². The molecule has 1 aromatic carbocycles. The van der Waals surface area contributed by atoms with E-state index in [1.54, 1.807) is 6.92 Å². The number of rotatable bonds is 3. The summed E-state index contributed by atoms with van der Waals surface area (Å²) in [4.78, 5) is 27.0. The molecule has 6 nitrogen and oxygen atoms in total. The van der Waals surface area contributed by atoms with E-state index in [2.05, 4.69) is 5.32 Å². The molecule has 2 amide bonds. The fourth-order valence-electron chi connectivity index (χ4n) is 3.78. The molecule has 2 aliphatic heterocycles. The summed E-state index contributed by atoms with van der Waals surface area (Å²) in [6, 6.07) is 7.37. The van der Waals surface area contributed by atoms with Gasteiger partial charge in [0.05, 0.1) is 19.8 Å². The number of fused-ring (bicyclic) bond motifs is 1. The first kappa shape index (κ1) is 17.3. The average Bonchev–Trinajstić information content (AvgIpc) is 3.48. The molecule has 2 heterocycles. The summed E-state index contributed by atoms with van der Waals surface area (Å²) in [7, 11) is 0. The minimum atomic E-state index is -0.523. The summed E-state index contributed by atoms with van der Waals surface area (Å²) in [5, 5.41) is 2.88. The lowest BCUT2D eigenvalue weighted by atomic mass is 9.93. The predicted molar refractivity (Wildman–Crippen MR) is 95.6 cm³/mol. The second kappa shape index (κ2) is 6.91. The molecule has 4 rings (SSSR count). The fraction of sp³-hybridized carbons (Fsp3) is 0.600. The van der Waals surface area contributed by atoms with Crippen LogP contribution in [0.4, 0.5) is 0 Å². The third-order valence-corrected chi connectivity index (χ3v) is 5.53. The lowest BCUT2D eigenvalue weighted by molar-refractivity contribution is -0.140. The minimum Gasteiger partial charge on any atom is -0.485 e. The number of hydrogen-bond acceptors (Lipinski definition) is 4. The van der Waals surface area contributed by atoms with E-state index in [-0.39, 0.29) is 17.7 Å². The lowest BCUT2D eigenvalue weighted by Crippen LogP contribution is -2.54. The Morgan fingerprint density at radius 3 is 2.69 bits per heavy atom. The van der Waals surface area contributed by atoms with Gasteiger partial charge in [-0.15, -0.1) is 0 Å². The van der Waals surface area contributed by atoms with E-state index in [4.69, 9.17) is 9.47 Å². The van der Waals surface area contributed by atoms with Gasteiger partial charge in [0, 0.05) is 30.9 Å². The van der Waals surface area contributed by atoms with E-state index in [9.17, 15) is 9.59 Å². The molecule has 140 valence electrons. The molecule has 3 aliphatic rings. The van der Waals surface area contributed by atoms with E-state index in [0.717, 1.165) is 37.0 Å². The minimum absolute atomic E-state index is 0.00176. The maximum Gasteiger partial charge on any atom is 0.245 e. The predicted octanol–water partition coefficient (Wildman–Crippen LogP) is 1.87. The molecule has 0 radical (unpaired) electrons.